The molecule has 4 aromatic rings. The van der Waals surface area contributed by atoms with E-state index in [4.69, 9.17) is 5.41 Å². The van der Waals surface area contributed by atoms with Crippen molar-refractivity contribution in [1.29, 1.82) is 5.41 Å². The van der Waals surface area contributed by atoms with Crippen molar-refractivity contribution in [2.75, 3.05) is 0 Å². The highest BCUT2D eigenvalue weighted by atomic mass is 79.9. The molecular formula is C14H11BrN6S. The Hall–Kier alpha value is -2.06. The van der Waals surface area contributed by atoms with Crippen molar-refractivity contribution >= 4 is 43.3 Å². The minimum absolute atomic E-state index is 0.404. The van der Waals surface area contributed by atoms with Gasteiger partial charge in [-0.15, -0.1) is 11.3 Å². The number of rotatable bonds is 1. The lowest BCUT2D eigenvalue weighted by Gasteiger charge is -2.09. The fraction of sp³-hybridized carbons (Fsp3) is 0.143. The number of halogens is 1. The van der Waals surface area contributed by atoms with Crippen LogP contribution in [0.4, 0.5) is 0 Å². The Bertz CT molecular complexity index is 1070. The zero-order chi connectivity index (χ0) is 15.4. The number of tetrazole rings is 1. The van der Waals surface area contributed by atoms with Crippen molar-refractivity contribution in [1.82, 2.24) is 24.6 Å². The highest BCUT2D eigenvalue weighted by Crippen LogP contribution is 2.28. The third kappa shape index (κ3) is 1.77. The van der Waals surface area contributed by atoms with Gasteiger partial charge < -0.3 is 0 Å². The van der Waals surface area contributed by atoms with E-state index in [0.29, 0.717) is 11.3 Å². The van der Waals surface area contributed by atoms with Gasteiger partial charge in [-0.2, -0.15) is 4.52 Å². The van der Waals surface area contributed by atoms with Gasteiger partial charge in [0, 0.05) is 9.35 Å². The zero-order valence-corrected chi connectivity index (χ0v) is 14.2. The van der Waals surface area contributed by atoms with E-state index >= 15 is 0 Å². The van der Waals surface area contributed by atoms with Crippen LogP contribution in [0.1, 0.15) is 10.4 Å². The highest BCUT2D eigenvalue weighted by molar-refractivity contribution is 9.10. The molecule has 0 aliphatic rings. The lowest BCUT2D eigenvalue weighted by Crippen LogP contribution is -2.22. The predicted molar refractivity (Wildman–Crippen MR) is 88.5 cm³/mol. The van der Waals surface area contributed by atoms with E-state index in [-0.39, 0.29) is 0 Å². The molecule has 0 aliphatic heterocycles. The van der Waals surface area contributed by atoms with Crippen molar-refractivity contribution in [3.05, 3.63) is 44.7 Å². The quantitative estimate of drug-likeness (QED) is 0.556. The second kappa shape index (κ2) is 4.72. The van der Waals surface area contributed by atoms with E-state index < -0.39 is 0 Å². The van der Waals surface area contributed by atoms with E-state index in [1.54, 1.807) is 20.4 Å². The van der Waals surface area contributed by atoms with Gasteiger partial charge in [0.15, 0.2) is 0 Å². The fourth-order valence-corrected chi connectivity index (χ4v) is 3.90. The SMILES string of the molecule is Cc1sc2c(c1C)c(=N)n(-c1ccc(Br)cc1)c1nnnn21. The van der Waals surface area contributed by atoms with Gasteiger partial charge in [-0.05, 0) is 54.1 Å². The summed E-state index contributed by atoms with van der Waals surface area (Å²) in [6.07, 6.45) is 0. The van der Waals surface area contributed by atoms with Crippen LogP contribution in [-0.2, 0) is 0 Å². The third-order valence-electron chi connectivity index (χ3n) is 3.76. The van der Waals surface area contributed by atoms with Gasteiger partial charge in [0.1, 0.15) is 10.3 Å². The van der Waals surface area contributed by atoms with Crippen LogP contribution >= 0.6 is 27.3 Å². The molecule has 3 heterocycles. The lowest BCUT2D eigenvalue weighted by atomic mass is 10.2. The van der Waals surface area contributed by atoms with Gasteiger partial charge >= 0.3 is 0 Å². The number of nitrogens with one attached hydrogen (secondary N) is 1. The van der Waals surface area contributed by atoms with Gasteiger partial charge in [0.25, 0.3) is 5.78 Å². The average molecular weight is 375 g/mol. The topological polar surface area (TPSA) is 71.9 Å². The number of aryl methyl sites for hydroxylation is 2. The summed E-state index contributed by atoms with van der Waals surface area (Å²) in [5.74, 6) is 0.543. The number of fused-ring (bicyclic) bond motifs is 3. The van der Waals surface area contributed by atoms with Gasteiger partial charge in [0.2, 0.25) is 0 Å². The highest BCUT2D eigenvalue weighted by Gasteiger charge is 2.17. The summed E-state index contributed by atoms with van der Waals surface area (Å²) < 4.78 is 4.47. The number of hydrogen-bond donors (Lipinski definition) is 1. The van der Waals surface area contributed by atoms with Crippen molar-refractivity contribution < 1.29 is 0 Å². The zero-order valence-electron chi connectivity index (χ0n) is 11.8. The molecule has 0 radical (unpaired) electrons. The summed E-state index contributed by atoms with van der Waals surface area (Å²) in [7, 11) is 0. The van der Waals surface area contributed by atoms with E-state index in [1.165, 1.54) is 4.88 Å². The molecule has 0 saturated heterocycles. The molecule has 0 unspecified atom stereocenters. The number of aromatic nitrogens is 5. The molecule has 1 aromatic carbocycles. The molecule has 0 saturated carbocycles. The molecule has 22 heavy (non-hydrogen) atoms. The first kappa shape index (κ1) is 13.6. The Kier molecular flexibility index (Phi) is 2.92. The molecule has 6 nitrogen and oxygen atoms in total. The molecule has 0 atom stereocenters. The molecule has 0 spiro atoms. The van der Waals surface area contributed by atoms with E-state index in [1.807, 2.05) is 31.2 Å². The van der Waals surface area contributed by atoms with Crippen LogP contribution in [0.25, 0.3) is 21.7 Å². The fourth-order valence-electron chi connectivity index (χ4n) is 2.54. The Morgan fingerprint density at radius 1 is 1.18 bits per heavy atom. The molecular weight excluding hydrogens is 364 g/mol. The Labute approximate surface area is 137 Å². The summed E-state index contributed by atoms with van der Waals surface area (Å²) in [5.41, 5.74) is 2.37. The minimum Gasteiger partial charge on any atom is -0.283 e. The normalized spacial score (nSPS) is 11.6. The van der Waals surface area contributed by atoms with E-state index in [0.717, 1.165) is 25.9 Å². The first-order chi connectivity index (χ1) is 10.6. The molecule has 8 heteroatoms. The first-order valence-corrected chi connectivity index (χ1v) is 8.22. The summed E-state index contributed by atoms with van der Waals surface area (Å²) in [6, 6.07) is 7.77. The van der Waals surface area contributed by atoms with Crippen LogP contribution in [-0.4, -0.2) is 24.6 Å². The number of hydrogen-bond acceptors (Lipinski definition) is 5. The molecule has 3 aromatic heterocycles. The Morgan fingerprint density at radius 2 is 1.91 bits per heavy atom. The monoisotopic (exact) mass is 374 g/mol. The maximum Gasteiger partial charge on any atom is 0.261 e. The van der Waals surface area contributed by atoms with Gasteiger partial charge in [-0.25, -0.2) is 0 Å². The molecule has 0 aliphatic carbocycles. The Balaban J connectivity index is 2.23. The maximum absolute atomic E-state index is 8.65. The summed E-state index contributed by atoms with van der Waals surface area (Å²) in [5, 5.41) is 21.5. The van der Waals surface area contributed by atoms with Crippen LogP contribution in [0.5, 0.6) is 0 Å². The second-order valence-electron chi connectivity index (χ2n) is 5.01. The lowest BCUT2D eigenvalue weighted by molar-refractivity contribution is 0.837. The van der Waals surface area contributed by atoms with Crippen molar-refractivity contribution in [2.45, 2.75) is 13.8 Å². The van der Waals surface area contributed by atoms with Crippen LogP contribution < -0.4 is 5.49 Å². The summed E-state index contributed by atoms with van der Waals surface area (Å²) in [4.78, 5) is 2.09. The molecule has 110 valence electrons. The number of benzene rings is 1. The molecule has 0 fully saturated rings. The molecule has 0 amide bonds. The van der Waals surface area contributed by atoms with Gasteiger partial charge in [-0.1, -0.05) is 21.0 Å². The van der Waals surface area contributed by atoms with E-state index in [9.17, 15) is 0 Å². The van der Waals surface area contributed by atoms with Crippen molar-refractivity contribution in [2.24, 2.45) is 0 Å². The minimum atomic E-state index is 0.404. The van der Waals surface area contributed by atoms with E-state index in [2.05, 4.69) is 38.4 Å². The summed E-state index contributed by atoms with van der Waals surface area (Å²) >= 11 is 5.05. The number of nitrogens with zero attached hydrogens (tertiary/aromatic N) is 5. The average Bonchev–Trinajstić information content (AvgIpc) is 3.07. The second-order valence-corrected chi connectivity index (χ2v) is 7.13. The van der Waals surface area contributed by atoms with Crippen LogP contribution in [0, 0.1) is 19.3 Å². The van der Waals surface area contributed by atoms with Crippen LogP contribution in [0.15, 0.2) is 28.7 Å². The van der Waals surface area contributed by atoms with Crippen molar-refractivity contribution in [3.63, 3.8) is 0 Å². The Morgan fingerprint density at radius 3 is 2.64 bits per heavy atom. The van der Waals surface area contributed by atoms with Crippen molar-refractivity contribution in [3.8, 4) is 5.69 Å². The first-order valence-electron chi connectivity index (χ1n) is 6.61. The van der Waals surface area contributed by atoms with Gasteiger partial charge in [-0.3, -0.25) is 9.98 Å². The molecule has 1 N–H and O–H groups in total. The third-order valence-corrected chi connectivity index (χ3v) is 5.47. The molecule has 0 bridgehead atoms. The summed E-state index contributed by atoms with van der Waals surface area (Å²) in [6.45, 7) is 4.09. The smallest absolute Gasteiger partial charge is 0.261 e. The predicted octanol–water partition coefficient (Wildman–Crippen LogP) is 2.99. The van der Waals surface area contributed by atoms with Gasteiger partial charge in [0.05, 0.1) is 11.1 Å². The number of thiophene rings is 1. The standard InChI is InChI=1S/C14H11BrN6S/c1-7-8(2)22-13-11(7)12(16)20(14-17-18-19-21(13)14)10-5-3-9(15)4-6-10/h3-6,16H,1-2H3. The maximum atomic E-state index is 8.65. The van der Waals surface area contributed by atoms with Crippen LogP contribution in [0.2, 0.25) is 0 Å². The van der Waals surface area contributed by atoms with Crippen LogP contribution in [0.3, 0.4) is 0 Å². The largest absolute Gasteiger partial charge is 0.283 e. The molecule has 4 rings (SSSR count).